The largest absolute Gasteiger partial charge is 0.497 e. The maximum atomic E-state index is 12.9. The smallest absolute Gasteiger partial charge is 0.266 e. The summed E-state index contributed by atoms with van der Waals surface area (Å²) in [6.07, 6.45) is 0. The number of nitrogens with zero attached hydrogens (tertiary/aromatic N) is 3. The van der Waals surface area contributed by atoms with Gasteiger partial charge in [0.1, 0.15) is 10.6 Å². The van der Waals surface area contributed by atoms with E-state index in [9.17, 15) is 4.79 Å². The summed E-state index contributed by atoms with van der Waals surface area (Å²) in [6.45, 7) is 9.30. The van der Waals surface area contributed by atoms with Gasteiger partial charge in [-0.3, -0.25) is 4.79 Å². The van der Waals surface area contributed by atoms with Crippen LogP contribution in [0.3, 0.4) is 0 Å². The first kappa shape index (κ1) is 17.7. The fourth-order valence-corrected chi connectivity index (χ4v) is 4.13. The number of aryl methyl sites for hydroxylation is 1. The zero-order valence-electron chi connectivity index (χ0n) is 15.3. The number of benzene rings is 1. The molecule has 0 bridgehead atoms. The number of rotatable bonds is 4. The Labute approximate surface area is 153 Å². The average Bonchev–Trinajstić information content (AvgIpc) is 3.03. The van der Waals surface area contributed by atoms with E-state index in [0.29, 0.717) is 0 Å². The molecule has 1 aromatic heterocycles. The molecule has 1 aromatic carbocycles. The number of carbonyl (C=O) groups excluding carboxylic acids is 1. The van der Waals surface area contributed by atoms with Crippen molar-refractivity contribution in [2.24, 2.45) is 0 Å². The summed E-state index contributed by atoms with van der Waals surface area (Å²) in [4.78, 5) is 22.6. The van der Waals surface area contributed by atoms with E-state index in [2.05, 4.69) is 35.9 Å². The van der Waals surface area contributed by atoms with Crippen molar-refractivity contribution >= 4 is 22.9 Å². The molecule has 2 heterocycles. The van der Waals surface area contributed by atoms with E-state index >= 15 is 0 Å². The number of carbonyl (C=O) groups is 1. The first-order valence-corrected chi connectivity index (χ1v) is 9.47. The van der Waals surface area contributed by atoms with Gasteiger partial charge in [-0.2, -0.15) is 0 Å². The molecule has 0 aliphatic carbocycles. The van der Waals surface area contributed by atoms with Gasteiger partial charge >= 0.3 is 0 Å². The van der Waals surface area contributed by atoms with Gasteiger partial charge in [-0.15, -0.1) is 11.3 Å². The van der Waals surface area contributed by atoms with Gasteiger partial charge in [0, 0.05) is 31.9 Å². The van der Waals surface area contributed by atoms with Crippen LogP contribution in [0.2, 0.25) is 0 Å². The highest BCUT2D eigenvalue weighted by atomic mass is 32.1. The molecule has 6 heteroatoms. The summed E-state index contributed by atoms with van der Waals surface area (Å²) in [5.74, 6) is 1.26. The molecule has 134 valence electrons. The highest BCUT2D eigenvalue weighted by Gasteiger charge is 2.27. The third-order valence-corrected chi connectivity index (χ3v) is 5.48. The van der Waals surface area contributed by atoms with Gasteiger partial charge < -0.3 is 14.5 Å². The number of ether oxygens (including phenoxy) is 1. The van der Waals surface area contributed by atoms with Crippen molar-refractivity contribution in [1.82, 2.24) is 9.88 Å². The van der Waals surface area contributed by atoms with Crippen LogP contribution in [-0.4, -0.2) is 49.1 Å². The second kappa shape index (κ2) is 7.44. The first-order chi connectivity index (χ1) is 12.0. The third-order valence-electron chi connectivity index (χ3n) is 4.51. The zero-order chi connectivity index (χ0) is 18.0. The van der Waals surface area contributed by atoms with Crippen molar-refractivity contribution in [3.05, 3.63) is 39.8 Å². The molecule has 1 aliphatic heterocycles. The molecule has 5 nitrogen and oxygen atoms in total. The van der Waals surface area contributed by atoms with Gasteiger partial charge in [0.2, 0.25) is 0 Å². The van der Waals surface area contributed by atoms with E-state index in [0.717, 1.165) is 47.5 Å². The maximum absolute atomic E-state index is 12.9. The van der Waals surface area contributed by atoms with Crippen LogP contribution in [0.25, 0.3) is 0 Å². The summed E-state index contributed by atoms with van der Waals surface area (Å²) < 4.78 is 5.21. The van der Waals surface area contributed by atoms with Crippen molar-refractivity contribution in [1.29, 1.82) is 0 Å². The lowest BCUT2D eigenvalue weighted by Gasteiger charge is -2.36. The van der Waals surface area contributed by atoms with Gasteiger partial charge in [0.15, 0.2) is 0 Å². The monoisotopic (exact) mass is 359 g/mol. The lowest BCUT2D eigenvalue weighted by Crippen LogP contribution is -2.48. The second-order valence-corrected chi connectivity index (χ2v) is 7.78. The predicted molar refractivity (Wildman–Crippen MR) is 102 cm³/mol. The van der Waals surface area contributed by atoms with E-state index in [1.807, 2.05) is 24.0 Å². The molecular formula is C19H25N3O2S. The molecule has 3 rings (SSSR count). The van der Waals surface area contributed by atoms with E-state index in [1.165, 1.54) is 17.0 Å². The Bertz CT molecular complexity index is 732. The summed E-state index contributed by atoms with van der Waals surface area (Å²) >= 11 is 1.52. The van der Waals surface area contributed by atoms with Crippen LogP contribution in [-0.2, 0) is 0 Å². The van der Waals surface area contributed by atoms with Crippen molar-refractivity contribution < 1.29 is 9.53 Å². The quantitative estimate of drug-likeness (QED) is 0.838. The Morgan fingerprint density at radius 1 is 1.16 bits per heavy atom. The van der Waals surface area contributed by atoms with Gasteiger partial charge in [-0.05, 0) is 37.1 Å². The minimum Gasteiger partial charge on any atom is -0.497 e. The normalized spacial score (nSPS) is 14.9. The highest BCUT2D eigenvalue weighted by Crippen LogP contribution is 2.27. The van der Waals surface area contributed by atoms with Crippen LogP contribution < -0.4 is 9.64 Å². The predicted octanol–water partition coefficient (Wildman–Crippen LogP) is 3.55. The Hall–Kier alpha value is -2.08. The number of hydrogen-bond acceptors (Lipinski definition) is 5. The van der Waals surface area contributed by atoms with E-state index < -0.39 is 0 Å². The van der Waals surface area contributed by atoms with Crippen molar-refractivity contribution in [2.45, 2.75) is 26.7 Å². The first-order valence-electron chi connectivity index (χ1n) is 8.65. The van der Waals surface area contributed by atoms with Crippen LogP contribution in [0.1, 0.15) is 40.1 Å². The Kier molecular flexibility index (Phi) is 5.27. The molecule has 0 N–H and O–H groups in total. The molecule has 0 spiro atoms. The Morgan fingerprint density at radius 2 is 1.80 bits per heavy atom. The zero-order valence-corrected chi connectivity index (χ0v) is 16.1. The van der Waals surface area contributed by atoms with Gasteiger partial charge in [0.05, 0.1) is 17.8 Å². The molecule has 1 saturated heterocycles. The standard InChI is InChI=1S/C19H25N3O2S/c1-13(2)17-18(25-14(3)20-17)19(23)22-11-9-21(10-12-22)15-5-7-16(24-4)8-6-15/h5-8,13H,9-12H2,1-4H3. The number of hydrogen-bond donors (Lipinski definition) is 0. The number of piperazine rings is 1. The van der Waals surface area contributed by atoms with E-state index in [-0.39, 0.29) is 11.8 Å². The van der Waals surface area contributed by atoms with Gasteiger partial charge in [-0.25, -0.2) is 4.98 Å². The van der Waals surface area contributed by atoms with Crippen LogP contribution in [0.15, 0.2) is 24.3 Å². The molecule has 0 radical (unpaired) electrons. The lowest BCUT2D eigenvalue weighted by molar-refractivity contribution is 0.0750. The van der Waals surface area contributed by atoms with Gasteiger partial charge in [-0.1, -0.05) is 13.8 Å². The molecule has 1 amide bonds. The van der Waals surface area contributed by atoms with Crippen LogP contribution >= 0.6 is 11.3 Å². The summed E-state index contributed by atoms with van der Waals surface area (Å²) in [7, 11) is 1.67. The highest BCUT2D eigenvalue weighted by molar-refractivity contribution is 7.13. The topological polar surface area (TPSA) is 45.7 Å². The molecule has 1 aliphatic rings. The summed E-state index contributed by atoms with van der Waals surface area (Å²) in [5, 5.41) is 0.962. The van der Waals surface area contributed by atoms with Crippen molar-refractivity contribution in [3.63, 3.8) is 0 Å². The average molecular weight is 359 g/mol. The second-order valence-electron chi connectivity index (χ2n) is 6.58. The van der Waals surface area contributed by atoms with Crippen LogP contribution in [0.4, 0.5) is 5.69 Å². The van der Waals surface area contributed by atoms with Crippen LogP contribution in [0.5, 0.6) is 5.75 Å². The van der Waals surface area contributed by atoms with Crippen LogP contribution in [0, 0.1) is 6.92 Å². The fourth-order valence-electron chi connectivity index (χ4n) is 3.09. The molecule has 0 atom stereocenters. The minimum absolute atomic E-state index is 0.128. The van der Waals surface area contributed by atoms with E-state index in [4.69, 9.17) is 4.74 Å². The number of aromatic nitrogens is 1. The summed E-state index contributed by atoms with van der Waals surface area (Å²) in [6, 6.07) is 8.09. The Balaban J connectivity index is 1.66. The minimum atomic E-state index is 0.128. The maximum Gasteiger partial charge on any atom is 0.266 e. The van der Waals surface area contributed by atoms with Gasteiger partial charge in [0.25, 0.3) is 5.91 Å². The van der Waals surface area contributed by atoms with Crippen molar-refractivity contribution in [2.75, 3.05) is 38.2 Å². The number of amides is 1. The number of anilines is 1. The SMILES string of the molecule is COc1ccc(N2CCN(C(=O)c3sc(C)nc3C(C)C)CC2)cc1. The molecule has 0 unspecified atom stereocenters. The number of methoxy groups -OCH3 is 1. The molecule has 25 heavy (non-hydrogen) atoms. The molecule has 1 fully saturated rings. The third kappa shape index (κ3) is 3.79. The Morgan fingerprint density at radius 3 is 2.36 bits per heavy atom. The number of thiazole rings is 1. The molecule has 0 saturated carbocycles. The van der Waals surface area contributed by atoms with Crippen molar-refractivity contribution in [3.8, 4) is 5.75 Å². The molecular weight excluding hydrogens is 334 g/mol. The molecule has 2 aromatic rings. The summed E-state index contributed by atoms with van der Waals surface area (Å²) in [5.41, 5.74) is 2.11. The lowest BCUT2D eigenvalue weighted by atomic mass is 10.1. The van der Waals surface area contributed by atoms with E-state index in [1.54, 1.807) is 7.11 Å². The fraction of sp³-hybridized carbons (Fsp3) is 0.474.